The predicted octanol–water partition coefficient (Wildman–Crippen LogP) is 0.472. The average molecular weight is 239 g/mol. The Labute approximate surface area is 100 Å². The first kappa shape index (κ1) is 11.0. The third kappa shape index (κ3) is 1.56. The van der Waals surface area contributed by atoms with Gasteiger partial charge in [-0.1, -0.05) is 0 Å². The Hall–Kier alpha value is -1.10. The van der Waals surface area contributed by atoms with Crippen molar-refractivity contribution in [2.75, 3.05) is 13.7 Å². The van der Waals surface area contributed by atoms with E-state index < -0.39 is 0 Å². The van der Waals surface area contributed by atoms with Crippen LogP contribution >= 0.6 is 0 Å². The van der Waals surface area contributed by atoms with E-state index in [9.17, 15) is 9.59 Å². The zero-order valence-corrected chi connectivity index (χ0v) is 9.98. The fraction of sp³-hybridized carbons (Fsp3) is 0.833. The van der Waals surface area contributed by atoms with E-state index in [1.165, 1.54) is 7.11 Å². The van der Waals surface area contributed by atoms with Gasteiger partial charge in [-0.25, -0.2) is 0 Å². The average Bonchev–Trinajstić information content (AvgIpc) is 2.93. The summed E-state index contributed by atoms with van der Waals surface area (Å²) in [4.78, 5) is 25.1. The molecule has 3 saturated heterocycles. The Bertz CT molecular complexity index is 370. The first-order chi connectivity index (χ1) is 8.17. The Balaban J connectivity index is 1.72. The molecule has 0 bridgehead atoms. The van der Waals surface area contributed by atoms with E-state index >= 15 is 0 Å². The molecule has 3 fully saturated rings. The second kappa shape index (κ2) is 3.70. The van der Waals surface area contributed by atoms with Crippen molar-refractivity contribution < 1.29 is 19.1 Å². The quantitative estimate of drug-likeness (QED) is 0.519. The molecule has 3 heterocycles. The lowest BCUT2D eigenvalue weighted by Gasteiger charge is -2.31. The van der Waals surface area contributed by atoms with Gasteiger partial charge in [-0.3, -0.25) is 9.59 Å². The number of amides is 1. The zero-order valence-electron chi connectivity index (χ0n) is 9.98. The molecule has 94 valence electrons. The summed E-state index contributed by atoms with van der Waals surface area (Å²) in [5.41, 5.74) is -0.369. The molecule has 1 spiro atoms. The molecule has 0 N–H and O–H groups in total. The summed E-state index contributed by atoms with van der Waals surface area (Å²) in [5.74, 6) is -0.0735. The van der Waals surface area contributed by atoms with Crippen molar-refractivity contribution in [3.8, 4) is 0 Å². The number of carbonyl (C=O) groups is 2. The van der Waals surface area contributed by atoms with E-state index in [0.717, 1.165) is 25.8 Å². The third-order valence-electron chi connectivity index (χ3n) is 4.24. The smallest absolute Gasteiger partial charge is 0.308 e. The lowest BCUT2D eigenvalue weighted by atomic mass is 9.89. The SMILES string of the molecule is COC(=O)C[C@H]1O[C@@]12CC(=O)N1CCCC[C@H]12. The van der Waals surface area contributed by atoms with Crippen LogP contribution in [0, 0.1) is 0 Å². The Morgan fingerprint density at radius 1 is 1.59 bits per heavy atom. The van der Waals surface area contributed by atoms with E-state index in [0.29, 0.717) is 6.42 Å². The van der Waals surface area contributed by atoms with Crippen molar-refractivity contribution in [2.24, 2.45) is 0 Å². The summed E-state index contributed by atoms with van der Waals surface area (Å²) >= 11 is 0. The van der Waals surface area contributed by atoms with E-state index in [1.807, 2.05) is 4.90 Å². The molecular weight excluding hydrogens is 222 g/mol. The summed E-state index contributed by atoms with van der Waals surface area (Å²) in [5, 5.41) is 0. The summed E-state index contributed by atoms with van der Waals surface area (Å²) in [6, 6.07) is 0.193. The molecule has 0 aromatic rings. The Morgan fingerprint density at radius 3 is 3.18 bits per heavy atom. The fourth-order valence-corrected chi connectivity index (χ4v) is 3.32. The Morgan fingerprint density at radius 2 is 2.41 bits per heavy atom. The molecule has 0 aromatic heterocycles. The number of carbonyl (C=O) groups excluding carboxylic acids is 2. The molecule has 0 unspecified atom stereocenters. The van der Waals surface area contributed by atoms with Crippen LogP contribution in [0.5, 0.6) is 0 Å². The van der Waals surface area contributed by atoms with Gasteiger partial charge in [-0.05, 0) is 19.3 Å². The normalized spacial score (nSPS) is 39.4. The van der Waals surface area contributed by atoms with Gasteiger partial charge in [0.05, 0.1) is 26.0 Å². The molecular formula is C12H17NO4. The summed E-state index contributed by atoms with van der Waals surface area (Å²) < 4.78 is 10.4. The number of esters is 1. The van der Waals surface area contributed by atoms with Gasteiger partial charge in [-0.2, -0.15) is 0 Å². The van der Waals surface area contributed by atoms with Crippen LogP contribution in [0.25, 0.3) is 0 Å². The maximum Gasteiger partial charge on any atom is 0.308 e. The van der Waals surface area contributed by atoms with Gasteiger partial charge >= 0.3 is 5.97 Å². The van der Waals surface area contributed by atoms with Crippen LogP contribution in [0.2, 0.25) is 0 Å². The fourth-order valence-electron chi connectivity index (χ4n) is 3.32. The maximum absolute atomic E-state index is 11.9. The lowest BCUT2D eigenvalue weighted by Crippen LogP contribution is -2.43. The van der Waals surface area contributed by atoms with E-state index in [2.05, 4.69) is 4.74 Å². The molecule has 0 radical (unpaired) electrons. The number of fused-ring (bicyclic) bond motifs is 2. The van der Waals surface area contributed by atoms with Crippen molar-refractivity contribution in [1.82, 2.24) is 4.90 Å². The molecule has 5 heteroatoms. The highest BCUT2D eigenvalue weighted by atomic mass is 16.6. The number of nitrogens with zero attached hydrogens (tertiary/aromatic N) is 1. The minimum Gasteiger partial charge on any atom is -0.469 e. The molecule has 3 aliphatic rings. The van der Waals surface area contributed by atoms with Crippen LogP contribution in [-0.2, 0) is 19.1 Å². The largest absolute Gasteiger partial charge is 0.469 e. The molecule has 0 aliphatic carbocycles. The second-order valence-corrected chi connectivity index (χ2v) is 5.12. The monoisotopic (exact) mass is 239 g/mol. The van der Waals surface area contributed by atoms with E-state index in [4.69, 9.17) is 4.74 Å². The van der Waals surface area contributed by atoms with Crippen LogP contribution in [0.3, 0.4) is 0 Å². The number of methoxy groups -OCH3 is 1. The highest BCUT2D eigenvalue weighted by Crippen LogP contribution is 2.53. The van der Waals surface area contributed by atoms with Crippen LogP contribution in [-0.4, -0.2) is 48.2 Å². The zero-order chi connectivity index (χ0) is 12.0. The molecule has 5 nitrogen and oxygen atoms in total. The second-order valence-electron chi connectivity index (χ2n) is 5.12. The van der Waals surface area contributed by atoms with Gasteiger partial charge < -0.3 is 14.4 Å². The topological polar surface area (TPSA) is 59.1 Å². The minimum atomic E-state index is -0.369. The molecule has 0 saturated carbocycles. The molecule has 17 heavy (non-hydrogen) atoms. The molecule has 1 amide bonds. The number of hydrogen-bond donors (Lipinski definition) is 0. The summed E-state index contributed by atoms with van der Waals surface area (Å²) in [7, 11) is 1.38. The van der Waals surface area contributed by atoms with Gasteiger partial charge in [0.1, 0.15) is 11.7 Å². The highest BCUT2D eigenvalue weighted by Gasteiger charge is 2.68. The Kier molecular flexibility index (Phi) is 2.40. The van der Waals surface area contributed by atoms with Crippen molar-refractivity contribution in [1.29, 1.82) is 0 Å². The van der Waals surface area contributed by atoms with Gasteiger partial charge in [0.15, 0.2) is 0 Å². The van der Waals surface area contributed by atoms with E-state index in [-0.39, 0.29) is 36.0 Å². The predicted molar refractivity (Wildman–Crippen MR) is 58.2 cm³/mol. The van der Waals surface area contributed by atoms with Gasteiger partial charge in [-0.15, -0.1) is 0 Å². The number of ether oxygens (including phenoxy) is 2. The number of rotatable bonds is 2. The minimum absolute atomic E-state index is 0.119. The summed E-state index contributed by atoms with van der Waals surface area (Å²) in [6.07, 6.45) is 3.83. The van der Waals surface area contributed by atoms with Gasteiger partial charge in [0, 0.05) is 6.54 Å². The summed E-state index contributed by atoms with van der Waals surface area (Å²) in [6.45, 7) is 0.847. The number of hydrogen-bond acceptors (Lipinski definition) is 4. The van der Waals surface area contributed by atoms with Gasteiger partial charge in [0.25, 0.3) is 0 Å². The van der Waals surface area contributed by atoms with Crippen molar-refractivity contribution in [3.05, 3.63) is 0 Å². The molecule has 0 aromatic carbocycles. The van der Waals surface area contributed by atoms with Crippen molar-refractivity contribution >= 4 is 11.9 Å². The molecule has 3 rings (SSSR count). The van der Waals surface area contributed by atoms with Crippen molar-refractivity contribution in [2.45, 2.75) is 49.9 Å². The number of epoxide rings is 1. The highest BCUT2D eigenvalue weighted by molar-refractivity contribution is 5.82. The van der Waals surface area contributed by atoms with Crippen LogP contribution in [0.15, 0.2) is 0 Å². The first-order valence-corrected chi connectivity index (χ1v) is 6.21. The van der Waals surface area contributed by atoms with Crippen LogP contribution in [0.1, 0.15) is 32.1 Å². The first-order valence-electron chi connectivity index (χ1n) is 6.21. The lowest BCUT2D eigenvalue weighted by molar-refractivity contribution is -0.141. The molecule has 3 atom stereocenters. The standard InChI is InChI=1S/C12H17NO4/c1-16-11(15)6-9-12(17-9)7-10(14)13-5-3-2-4-8(12)13/h8-9H,2-7H2,1H3/t8-,9+,12+/m0/s1. The van der Waals surface area contributed by atoms with Crippen LogP contribution in [0.4, 0.5) is 0 Å². The molecule has 3 aliphatic heterocycles. The third-order valence-corrected chi connectivity index (χ3v) is 4.24. The van der Waals surface area contributed by atoms with Gasteiger partial charge in [0.2, 0.25) is 5.91 Å². The van der Waals surface area contributed by atoms with Crippen molar-refractivity contribution in [3.63, 3.8) is 0 Å². The number of piperidine rings is 1. The van der Waals surface area contributed by atoms with Crippen LogP contribution < -0.4 is 0 Å². The van der Waals surface area contributed by atoms with E-state index in [1.54, 1.807) is 0 Å². The maximum atomic E-state index is 11.9.